The zero-order chi connectivity index (χ0) is 20.5. The molecular weight excluding hydrogens is 431 g/mol. The summed E-state index contributed by atoms with van der Waals surface area (Å²) in [6.45, 7) is -0.342. The maximum absolute atomic E-state index is 13.9. The van der Waals surface area contributed by atoms with Gasteiger partial charge in [0.25, 0.3) is 10.0 Å². The molecule has 0 bridgehead atoms. The van der Waals surface area contributed by atoms with Crippen molar-refractivity contribution in [2.75, 3.05) is 29.0 Å². The Morgan fingerprint density at radius 1 is 1.32 bits per heavy atom. The molecule has 2 aromatic rings. The van der Waals surface area contributed by atoms with Crippen LogP contribution in [0, 0.1) is 5.82 Å². The van der Waals surface area contributed by atoms with Gasteiger partial charge in [-0.3, -0.25) is 19.2 Å². The van der Waals surface area contributed by atoms with Crippen LogP contribution < -0.4 is 9.62 Å². The summed E-state index contributed by atoms with van der Waals surface area (Å²) in [6.07, 6.45) is 0. The summed E-state index contributed by atoms with van der Waals surface area (Å²) in [5, 5.41) is 0.128. The molecule has 1 amide bonds. The van der Waals surface area contributed by atoms with Gasteiger partial charge in [-0.1, -0.05) is 11.6 Å². The summed E-state index contributed by atoms with van der Waals surface area (Å²) >= 11 is 6.90. The Bertz CT molecular complexity index is 1060. The van der Waals surface area contributed by atoms with Crippen molar-refractivity contribution in [3.63, 3.8) is 0 Å². The highest BCUT2D eigenvalue weighted by Crippen LogP contribution is 2.37. The molecule has 0 saturated carbocycles. The van der Waals surface area contributed by atoms with E-state index in [1.807, 2.05) is 0 Å². The normalized spacial score (nSPS) is 13.8. The molecule has 1 aliphatic rings. The average molecular weight is 445 g/mol. The number of anilines is 2. The number of esters is 1. The molecule has 0 spiro atoms. The lowest BCUT2D eigenvalue weighted by atomic mass is 10.2. The maximum Gasteiger partial charge on any atom is 0.325 e. The second-order valence-electron chi connectivity index (χ2n) is 5.70. The molecular formula is C17H14ClFN2O5S2. The van der Waals surface area contributed by atoms with Crippen molar-refractivity contribution in [2.45, 2.75) is 9.79 Å². The van der Waals surface area contributed by atoms with E-state index in [2.05, 4.69) is 9.46 Å². The van der Waals surface area contributed by atoms with Crippen molar-refractivity contribution in [3.8, 4) is 0 Å². The predicted molar refractivity (Wildman–Crippen MR) is 104 cm³/mol. The number of ether oxygens (including phenoxy) is 1. The highest BCUT2D eigenvalue weighted by atomic mass is 35.5. The van der Waals surface area contributed by atoms with Crippen molar-refractivity contribution >= 4 is 56.6 Å². The second-order valence-corrected chi connectivity index (χ2v) is 8.84. The molecule has 1 heterocycles. The van der Waals surface area contributed by atoms with Crippen LogP contribution in [0.1, 0.15) is 0 Å². The minimum atomic E-state index is -4.15. The van der Waals surface area contributed by atoms with Crippen LogP contribution in [-0.4, -0.2) is 39.7 Å². The topological polar surface area (TPSA) is 92.8 Å². The molecule has 0 radical (unpaired) electrons. The van der Waals surface area contributed by atoms with Gasteiger partial charge in [-0.05, 0) is 36.4 Å². The fourth-order valence-corrected chi connectivity index (χ4v) is 4.65. The molecule has 2 aromatic carbocycles. The number of nitrogens with zero attached hydrogens (tertiary/aromatic N) is 1. The number of sulfonamides is 1. The van der Waals surface area contributed by atoms with E-state index in [4.69, 9.17) is 11.6 Å². The van der Waals surface area contributed by atoms with Crippen LogP contribution in [0.25, 0.3) is 0 Å². The minimum absolute atomic E-state index is 0.115. The molecule has 1 N–H and O–H groups in total. The summed E-state index contributed by atoms with van der Waals surface area (Å²) in [6, 6.07) is 7.68. The van der Waals surface area contributed by atoms with Gasteiger partial charge in [-0.25, -0.2) is 12.8 Å². The van der Waals surface area contributed by atoms with Crippen molar-refractivity contribution in [3.05, 3.63) is 47.2 Å². The van der Waals surface area contributed by atoms with E-state index in [-0.39, 0.29) is 39.5 Å². The number of carbonyl (C=O) groups excluding carboxylic acids is 2. The zero-order valence-corrected chi connectivity index (χ0v) is 16.8. The first kappa shape index (κ1) is 20.4. The highest BCUT2D eigenvalue weighted by molar-refractivity contribution is 8.00. The van der Waals surface area contributed by atoms with Crippen molar-refractivity contribution in [1.82, 2.24) is 0 Å². The van der Waals surface area contributed by atoms with Crippen LogP contribution in [-0.2, 0) is 24.3 Å². The smallest absolute Gasteiger partial charge is 0.325 e. The molecule has 3 rings (SSSR count). The molecule has 0 saturated heterocycles. The van der Waals surface area contributed by atoms with E-state index >= 15 is 0 Å². The Kier molecular flexibility index (Phi) is 5.82. The van der Waals surface area contributed by atoms with E-state index in [1.54, 1.807) is 0 Å². The van der Waals surface area contributed by atoms with Gasteiger partial charge < -0.3 is 4.74 Å². The quantitative estimate of drug-likeness (QED) is 0.713. The fourth-order valence-electron chi connectivity index (χ4n) is 2.49. The van der Waals surface area contributed by atoms with Crippen molar-refractivity contribution < 1.29 is 27.1 Å². The Hall–Kier alpha value is -2.30. The number of thioether (sulfide) groups is 1. The SMILES string of the molecule is COC(=O)CN1C(=O)CSc2ccc(S(=O)(=O)Nc3ccc(Cl)cc3F)cc21. The lowest BCUT2D eigenvalue weighted by molar-refractivity contribution is -0.139. The van der Waals surface area contributed by atoms with Gasteiger partial charge in [0.15, 0.2) is 0 Å². The molecule has 7 nitrogen and oxygen atoms in total. The highest BCUT2D eigenvalue weighted by Gasteiger charge is 2.29. The largest absolute Gasteiger partial charge is 0.468 e. The third kappa shape index (κ3) is 4.23. The standard InChI is InChI=1S/C17H14ClFN2O5S2/c1-26-17(23)8-21-14-7-11(3-5-15(14)27-9-16(21)22)28(24,25)20-13-4-2-10(18)6-12(13)19/h2-7,20H,8-9H2,1H3. The van der Waals surface area contributed by atoms with Crippen LogP contribution in [0.15, 0.2) is 46.2 Å². The van der Waals surface area contributed by atoms with E-state index in [0.29, 0.717) is 4.90 Å². The maximum atomic E-state index is 13.9. The minimum Gasteiger partial charge on any atom is -0.468 e. The Labute approximate surface area is 169 Å². The summed E-state index contributed by atoms with van der Waals surface area (Å²) in [7, 11) is -2.96. The molecule has 11 heteroatoms. The number of benzene rings is 2. The first-order chi connectivity index (χ1) is 13.2. The van der Waals surface area contributed by atoms with Gasteiger partial charge in [0.2, 0.25) is 5.91 Å². The van der Waals surface area contributed by atoms with Crippen LogP contribution in [0.3, 0.4) is 0 Å². The van der Waals surface area contributed by atoms with Gasteiger partial charge >= 0.3 is 5.97 Å². The Morgan fingerprint density at radius 2 is 2.07 bits per heavy atom. The summed E-state index contributed by atoms with van der Waals surface area (Å²) in [5.74, 6) is -1.70. The van der Waals surface area contributed by atoms with Crippen molar-refractivity contribution in [1.29, 1.82) is 0 Å². The van der Waals surface area contributed by atoms with Crippen LogP contribution >= 0.6 is 23.4 Å². The summed E-state index contributed by atoms with van der Waals surface area (Å²) < 4.78 is 46.0. The van der Waals surface area contributed by atoms with E-state index in [0.717, 1.165) is 6.07 Å². The number of nitrogens with one attached hydrogen (secondary N) is 1. The molecule has 0 aromatic heterocycles. The number of fused-ring (bicyclic) bond motifs is 1. The molecule has 0 atom stereocenters. The first-order valence-electron chi connectivity index (χ1n) is 7.83. The Balaban J connectivity index is 1.97. The van der Waals surface area contributed by atoms with Crippen LogP contribution in [0.4, 0.5) is 15.8 Å². The van der Waals surface area contributed by atoms with Gasteiger partial charge in [0.05, 0.1) is 29.1 Å². The van der Waals surface area contributed by atoms with Gasteiger partial charge in [-0.2, -0.15) is 0 Å². The van der Waals surface area contributed by atoms with Crippen LogP contribution in [0.2, 0.25) is 5.02 Å². The molecule has 0 aliphatic carbocycles. The van der Waals surface area contributed by atoms with E-state index < -0.39 is 21.8 Å². The first-order valence-corrected chi connectivity index (χ1v) is 10.7. The zero-order valence-electron chi connectivity index (χ0n) is 14.4. The lowest BCUT2D eigenvalue weighted by Gasteiger charge is -2.28. The molecule has 148 valence electrons. The molecule has 0 unspecified atom stereocenters. The van der Waals surface area contributed by atoms with Gasteiger partial charge in [0, 0.05) is 9.92 Å². The number of methoxy groups -OCH3 is 1. The molecule has 28 heavy (non-hydrogen) atoms. The number of amides is 1. The van der Waals surface area contributed by atoms with E-state index in [9.17, 15) is 22.4 Å². The number of hydrogen-bond donors (Lipinski definition) is 1. The molecule has 1 aliphatic heterocycles. The summed E-state index contributed by atoms with van der Waals surface area (Å²) in [4.78, 5) is 25.4. The fraction of sp³-hybridized carbons (Fsp3) is 0.176. The number of rotatable bonds is 5. The second kappa shape index (κ2) is 7.98. The molecule has 0 fully saturated rings. The van der Waals surface area contributed by atoms with E-state index in [1.165, 1.54) is 54.1 Å². The van der Waals surface area contributed by atoms with Gasteiger partial charge in [-0.15, -0.1) is 11.8 Å². The third-order valence-electron chi connectivity index (χ3n) is 3.87. The number of hydrogen-bond acceptors (Lipinski definition) is 6. The van der Waals surface area contributed by atoms with Crippen LogP contribution in [0.5, 0.6) is 0 Å². The van der Waals surface area contributed by atoms with Crippen molar-refractivity contribution in [2.24, 2.45) is 0 Å². The Morgan fingerprint density at radius 3 is 2.75 bits per heavy atom. The average Bonchev–Trinajstić information content (AvgIpc) is 2.65. The monoisotopic (exact) mass is 444 g/mol. The summed E-state index contributed by atoms with van der Waals surface area (Å²) in [5.41, 5.74) is 0.00471. The van der Waals surface area contributed by atoms with Gasteiger partial charge in [0.1, 0.15) is 12.4 Å². The predicted octanol–water partition coefficient (Wildman–Crippen LogP) is 2.89. The number of halogens is 2. The number of carbonyl (C=O) groups is 2. The third-order valence-corrected chi connectivity index (χ3v) is 6.52. The lowest BCUT2D eigenvalue weighted by Crippen LogP contribution is -2.39.